The van der Waals surface area contributed by atoms with Crippen molar-refractivity contribution in [3.63, 3.8) is 0 Å². The number of halogens is 1. The Morgan fingerprint density at radius 3 is 2.76 bits per heavy atom. The van der Waals surface area contributed by atoms with Crippen LogP contribution in [0.15, 0.2) is 70.0 Å². The number of ether oxygens (including phenoxy) is 3. The lowest BCUT2D eigenvalue weighted by Crippen LogP contribution is -2.29. The summed E-state index contributed by atoms with van der Waals surface area (Å²) in [4.78, 5) is 17.9. The molecule has 0 amide bonds. The summed E-state index contributed by atoms with van der Waals surface area (Å²) in [6.07, 6.45) is 1.54. The number of fused-ring (bicyclic) bond motifs is 1. The highest BCUT2D eigenvalue weighted by Gasteiger charge is 2.36. The number of allylic oxidation sites excluding steroid dienone is 1. The molecule has 2 heterocycles. The van der Waals surface area contributed by atoms with Crippen molar-refractivity contribution in [1.82, 2.24) is 14.8 Å². The second kappa shape index (κ2) is 12.5. The molecule has 0 saturated heterocycles. The van der Waals surface area contributed by atoms with Crippen LogP contribution < -0.4 is 14.8 Å². The van der Waals surface area contributed by atoms with Crippen molar-refractivity contribution in [2.24, 2.45) is 0 Å². The molecule has 1 aliphatic heterocycles. The minimum Gasteiger partial charge on any atom is -0.490 e. The first-order valence-corrected chi connectivity index (χ1v) is 14.1. The van der Waals surface area contributed by atoms with Gasteiger partial charge in [-0.15, -0.1) is 5.10 Å². The van der Waals surface area contributed by atoms with Gasteiger partial charge >= 0.3 is 5.97 Å². The van der Waals surface area contributed by atoms with Gasteiger partial charge in [0.2, 0.25) is 11.1 Å². The maximum Gasteiger partial charge on any atom is 0.338 e. The van der Waals surface area contributed by atoms with Gasteiger partial charge in [0.05, 0.1) is 16.7 Å². The number of anilines is 1. The summed E-state index contributed by atoms with van der Waals surface area (Å²) in [6.45, 7) is 12.4. The van der Waals surface area contributed by atoms with E-state index >= 15 is 0 Å². The molecule has 10 heteroatoms. The molecule has 0 saturated carbocycles. The lowest BCUT2D eigenvalue weighted by atomic mass is 9.95. The Bertz CT molecular complexity index is 1370. The molecular weight excluding hydrogens is 568 g/mol. The van der Waals surface area contributed by atoms with Crippen LogP contribution >= 0.6 is 27.7 Å². The van der Waals surface area contributed by atoms with Crippen molar-refractivity contribution < 1.29 is 19.0 Å². The Kier molecular flexibility index (Phi) is 9.17. The molecule has 38 heavy (non-hydrogen) atoms. The molecule has 200 valence electrons. The number of carbonyl (C=O) groups excluding carboxylic acids is 1. The van der Waals surface area contributed by atoms with Gasteiger partial charge in [-0.25, -0.2) is 9.48 Å². The van der Waals surface area contributed by atoms with E-state index in [2.05, 4.69) is 51.9 Å². The van der Waals surface area contributed by atoms with Crippen molar-refractivity contribution in [2.45, 2.75) is 45.5 Å². The lowest BCUT2D eigenvalue weighted by Gasteiger charge is -2.29. The fourth-order valence-corrected chi connectivity index (χ4v) is 5.34. The zero-order valence-corrected chi connectivity index (χ0v) is 24.3. The van der Waals surface area contributed by atoms with Crippen LogP contribution in [0.5, 0.6) is 11.5 Å². The highest BCUT2D eigenvalue weighted by molar-refractivity contribution is 9.10. The van der Waals surface area contributed by atoms with E-state index < -0.39 is 12.0 Å². The van der Waals surface area contributed by atoms with E-state index in [1.165, 1.54) is 17.3 Å². The predicted octanol–water partition coefficient (Wildman–Crippen LogP) is 6.46. The van der Waals surface area contributed by atoms with Gasteiger partial charge in [-0.05, 0) is 65.7 Å². The van der Waals surface area contributed by atoms with E-state index in [1.807, 2.05) is 45.0 Å². The predicted molar refractivity (Wildman–Crippen MR) is 153 cm³/mol. The summed E-state index contributed by atoms with van der Waals surface area (Å²) in [5.41, 5.74) is 4.07. The molecule has 1 N–H and O–H groups in total. The summed E-state index contributed by atoms with van der Waals surface area (Å²) in [5, 5.41) is 8.55. The number of aromatic nitrogens is 3. The Hall–Kier alpha value is -3.24. The number of carbonyl (C=O) groups is 1. The molecule has 0 bridgehead atoms. The van der Waals surface area contributed by atoms with Gasteiger partial charge in [0.25, 0.3) is 0 Å². The summed E-state index contributed by atoms with van der Waals surface area (Å²) in [7, 11) is 0. The second-order valence-electron chi connectivity index (χ2n) is 8.59. The molecule has 3 aromatic rings. The zero-order valence-electron chi connectivity index (χ0n) is 21.9. The number of thioether (sulfide) groups is 1. The Labute approximate surface area is 235 Å². The number of hydrogen-bond acceptors (Lipinski definition) is 8. The van der Waals surface area contributed by atoms with Gasteiger partial charge in [-0.2, -0.15) is 4.98 Å². The summed E-state index contributed by atoms with van der Waals surface area (Å²) >= 11 is 5.22. The first-order chi connectivity index (χ1) is 18.4. The first-order valence-electron chi connectivity index (χ1n) is 12.4. The molecule has 1 unspecified atom stereocenters. The van der Waals surface area contributed by atoms with Gasteiger partial charge in [0.1, 0.15) is 19.3 Å². The SMILES string of the molecule is C=CCOC(=O)C1=C(C)Nc2nc(SCC)nn2C1c1cc(Br)c(OCc2cccc(C)c2)c(OCC)c1. The van der Waals surface area contributed by atoms with Gasteiger partial charge in [0.15, 0.2) is 11.5 Å². The Morgan fingerprint density at radius 2 is 2.05 bits per heavy atom. The summed E-state index contributed by atoms with van der Waals surface area (Å²) in [6, 6.07) is 11.4. The minimum atomic E-state index is -0.594. The maximum atomic E-state index is 13.2. The molecule has 1 atom stereocenters. The highest BCUT2D eigenvalue weighted by Crippen LogP contribution is 2.43. The average Bonchev–Trinajstić information content (AvgIpc) is 3.28. The highest BCUT2D eigenvalue weighted by atomic mass is 79.9. The van der Waals surface area contributed by atoms with Gasteiger partial charge in [-0.1, -0.05) is 61.2 Å². The largest absolute Gasteiger partial charge is 0.490 e. The number of benzene rings is 2. The molecule has 0 spiro atoms. The van der Waals surface area contributed by atoms with E-state index in [1.54, 1.807) is 10.8 Å². The maximum absolute atomic E-state index is 13.2. The Morgan fingerprint density at radius 1 is 1.24 bits per heavy atom. The van der Waals surface area contributed by atoms with Crippen LogP contribution in [0, 0.1) is 6.92 Å². The van der Waals surface area contributed by atoms with Crippen molar-refractivity contribution in [2.75, 3.05) is 24.3 Å². The van der Waals surface area contributed by atoms with E-state index in [0.717, 1.165) is 16.9 Å². The molecular formula is C28H31BrN4O4S. The summed E-state index contributed by atoms with van der Waals surface area (Å²) < 4.78 is 20.1. The third kappa shape index (κ3) is 6.07. The molecule has 0 radical (unpaired) electrons. The lowest BCUT2D eigenvalue weighted by molar-refractivity contribution is -0.138. The van der Waals surface area contributed by atoms with Crippen LogP contribution in [0.25, 0.3) is 0 Å². The smallest absolute Gasteiger partial charge is 0.338 e. The van der Waals surface area contributed by atoms with Crippen LogP contribution in [0.2, 0.25) is 0 Å². The van der Waals surface area contributed by atoms with Gasteiger partial charge in [-0.3, -0.25) is 0 Å². The quantitative estimate of drug-likeness (QED) is 0.153. The van der Waals surface area contributed by atoms with Gasteiger partial charge in [0, 0.05) is 5.70 Å². The van der Waals surface area contributed by atoms with E-state index in [-0.39, 0.29) is 6.61 Å². The number of rotatable bonds is 11. The fraction of sp³-hybridized carbons (Fsp3) is 0.321. The number of esters is 1. The first kappa shape index (κ1) is 27.8. The average molecular weight is 600 g/mol. The Balaban J connectivity index is 1.78. The summed E-state index contributed by atoms with van der Waals surface area (Å²) in [5.74, 6) is 2.06. The molecule has 0 fully saturated rings. The van der Waals surface area contributed by atoms with Crippen molar-refractivity contribution in [1.29, 1.82) is 0 Å². The second-order valence-corrected chi connectivity index (χ2v) is 10.7. The molecule has 4 rings (SSSR count). The van der Waals surface area contributed by atoms with Crippen molar-refractivity contribution >= 4 is 39.6 Å². The molecule has 0 aliphatic carbocycles. The van der Waals surface area contributed by atoms with E-state index in [9.17, 15) is 4.79 Å². The monoisotopic (exact) mass is 598 g/mol. The number of aryl methyl sites for hydroxylation is 1. The molecule has 2 aromatic carbocycles. The third-order valence-corrected chi connectivity index (χ3v) is 7.08. The number of nitrogens with zero attached hydrogens (tertiary/aromatic N) is 3. The van der Waals surface area contributed by atoms with E-state index in [4.69, 9.17) is 19.3 Å². The molecule has 1 aliphatic rings. The van der Waals surface area contributed by atoms with Crippen molar-refractivity contribution in [3.8, 4) is 11.5 Å². The standard InChI is InChI=1S/C28H31BrN4O4S/c1-6-12-36-26(34)23-18(5)30-27-31-28(38-8-3)32-33(27)24(23)20-14-21(29)25(22(15-20)35-7-2)37-16-19-11-9-10-17(4)13-19/h6,9-11,13-15,24H,1,7-8,12,16H2,2-5H3,(H,30,31,32). The van der Waals surface area contributed by atoms with Crippen molar-refractivity contribution in [3.05, 3.63) is 81.5 Å². The van der Waals surface area contributed by atoms with Gasteiger partial charge < -0.3 is 19.5 Å². The van der Waals surface area contributed by atoms with Crippen LogP contribution in [-0.4, -0.2) is 39.7 Å². The molecule has 8 nitrogen and oxygen atoms in total. The van der Waals surface area contributed by atoms with E-state index in [0.29, 0.717) is 51.6 Å². The topological polar surface area (TPSA) is 87.5 Å². The fourth-order valence-electron chi connectivity index (χ4n) is 4.21. The number of hydrogen-bond donors (Lipinski definition) is 1. The van der Waals surface area contributed by atoms with Crippen LogP contribution in [-0.2, 0) is 16.1 Å². The van der Waals surface area contributed by atoms with Crippen LogP contribution in [0.3, 0.4) is 0 Å². The normalized spacial score (nSPS) is 14.5. The zero-order chi connectivity index (χ0) is 27.2. The third-order valence-electron chi connectivity index (χ3n) is 5.77. The van der Waals surface area contributed by atoms with Crippen LogP contribution in [0.4, 0.5) is 5.95 Å². The van der Waals surface area contributed by atoms with Crippen LogP contribution in [0.1, 0.15) is 43.5 Å². The number of nitrogens with one attached hydrogen (secondary N) is 1. The molecule has 1 aromatic heterocycles. The minimum absolute atomic E-state index is 0.100.